The minimum atomic E-state index is -1.05. The van der Waals surface area contributed by atoms with Gasteiger partial charge in [-0.05, 0) is 26.2 Å². The zero-order chi connectivity index (χ0) is 21.2. The van der Waals surface area contributed by atoms with Crippen LogP contribution in [0.1, 0.15) is 96.8 Å². The Morgan fingerprint density at radius 1 is 1.00 bits per heavy atom. The molecule has 1 unspecified atom stereocenters. The van der Waals surface area contributed by atoms with Gasteiger partial charge in [-0.15, -0.1) is 0 Å². The fraction of sp³-hybridized carbons (Fsp3) is 0.750. The topological polar surface area (TPSA) is 78.5 Å². The molecule has 1 atom stereocenters. The Labute approximate surface area is 178 Å². The fourth-order valence-corrected chi connectivity index (χ4v) is 4.10. The Morgan fingerprint density at radius 2 is 1.55 bits per heavy atom. The van der Waals surface area contributed by atoms with Crippen molar-refractivity contribution < 1.29 is 14.4 Å². The van der Waals surface area contributed by atoms with E-state index in [-0.39, 0.29) is 11.0 Å². The molecule has 0 bridgehead atoms. The van der Waals surface area contributed by atoms with Crippen LogP contribution in [0, 0.1) is 0 Å². The lowest BCUT2D eigenvalue weighted by Gasteiger charge is -2.32. The maximum absolute atomic E-state index is 11.1. The number of quaternary nitrogens is 1. The number of carboxylic acid groups (broad SMARTS) is 1. The minimum Gasteiger partial charge on any atom is -0.544 e. The summed E-state index contributed by atoms with van der Waals surface area (Å²) in [5, 5.41) is 11.1. The molecule has 0 amide bonds. The minimum absolute atomic E-state index is 0.0671. The summed E-state index contributed by atoms with van der Waals surface area (Å²) in [6, 6.07) is 0. The van der Waals surface area contributed by atoms with Crippen LogP contribution in [-0.2, 0) is 4.79 Å². The van der Waals surface area contributed by atoms with Crippen LogP contribution in [0.25, 0.3) is 0 Å². The molecule has 1 aliphatic heterocycles. The molecule has 1 aliphatic rings. The maximum atomic E-state index is 11.1. The van der Waals surface area contributed by atoms with Gasteiger partial charge >= 0.3 is 0 Å². The van der Waals surface area contributed by atoms with Gasteiger partial charge in [-0.25, -0.2) is 9.48 Å². The van der Waals surface area contributed by atoms with Gasteiger partial charge in [-0.2, -0.15) is 0 Å². The summed E-state index contributed by atoms with van der Waals surface area (Å²) in [4.78, 5) is 15.6. The lowest BCUT2D eigenvalue weighted by Crippen LogP contribution is -2.55. The fourth-order valence-electron chi connectivity index (χ4n) is 4.10. The van der Waals surface area contributed by atoms with Gasteiger partial charge in [0.2, 0.25) is 5.84 Å². The van der Waals surface area contributed by atoms with Crippen molar-refractivity contribution in [2.24, 2.45) is 10.7 Å². The molecular weight excluding hydrogens is 362 g/mol. The maximum Gasteiger partial charge on any atom is 0.207 e. The number of carbonyl (C=O) groups excluding carboxylic acids is 1. The number of hydrogen-bond donors (Lipinski definition) is 1. The lowest BCUT2D eigenvalue weighted by atomic mass is 10.0. The van der Waals surface area contributed by atoms with Crippen molar-refractivity contribution in [1.82, 2.24) is 0 Å². The SMILES string of the molecule is C/C=C/CCCCCCCCCCCCCCC1=NC=C[N+]1(CCN)CC(=O)[O-]. The summed E-state index contributed by atoms with van der Waals surface area (Å²) in [6.07, 6.45) is 25.8. The summed E-state index contributed by atoms with van der Waals surface area (Å²) in [5.74, 6) is -0.128. The summed E-state index contributed by atoms with van der Waals surface area (Å²) < 4.78 is 0.244. The molecule has 2 N–H and O–H groups in total. The second-order valence-corrected chi connectivity index (χ2v) is 8.27. The predicted molar refractivity (Wildman–Crippen MR) is 120 cm³/mol. The predicted octanol–water partition coefficient (Wildman–Crippen LogP) is 4.43. The van der Waals surface area contributed by atoms with Crippen molar-refractivity contribution in [2.45, 2.75) is 96.8 Å². The van der Waals surface area contributed by atoms with Crippen molar-refractivity contribution in [3.63, 3.8) is 0 Å². The van der Waals surface area contributed by atoms with Crippen molar-refractivity contribution in [3.8, 4) is 0 Å². The van der Waals surface area contributed by atoms with Crippen LogP contribution in [0.3, 0.4) is 0 Å². The Balaban J connectivity index is 2.00. The molecular formula is C24H43N3O2. The van der Waals surface area contributed by atoms with Gasteiger partial charge in [-0.3, -0.25) is 0 Å². The molecule has 5 nitrogen and oxygen atoms in total. The van der Waals surface area contributed by atoms with Crippen LogP contribution in [0.4, 0.5) is 0 Å². The van der Waals surface area contributed by atoms with Gasteiger partial charge in [0.05, 0.1) is 12.2 Å². The normalized spacial score (nSPS) is 18.6. The summed E-state index contributed by atoms with van der Waals surface area (Å²) in [7, 11) is 0. The zero-order valence-electron chi connectivity index (χ0n) is 18.6. The van der Waals surface area contributed by atoms with E-state index in [0.29, 0.717) is 13.1 Å². The summed E-state index contributed by atoms with van der Waals surface area (Å²) in [5.41, 5.74) is 5.70. The Hall–Kier alpha value is -1.46. The van der Waals surface area contributed by atoms with E-state index in [2.05, 4.69) is 24.1 Å². The van der Waals surface area contributed by atoms with E-state index in [0.717, 1.165) is 18.7 Å². The van der Waals surface area contributed by atoms with Gasteiger partial charge in [0.25, 0.3) is 0 Å². The van der Waals surface area contributed by atoms with Gasteiger partial charge in [0, 0.05) is 13.0 Å². The largest absolute Gasteiger partial charge is 0.544 e. The molecule has 0 saturated heterocycles. The number of allylic oxidation sites excluding steroid dienone is 2. The van der Waals surface area contributed by atoms with E-state index in [4.69, 9.17) is 5.73 Å². The molecule has 0 fully saturated rings. The van der Waals surface area contributed by atoms with Crippen molar-refractivity contribution in [3.05, 3.63) is 24.6 Å². The second kappa shape index (κ2) is 16.3. The van der Waals surface area contributed by atoms with Crippen molar-refractivity contribution in [2.75, 3.05) is 19.6 Å². The Bertz CT molecular complexity index is 528. The quantitative estimate of drug-likeness (QED) is 0.196. The van der Waals surface area contributed by atoms with E-state index in [1.165, 1.54) is 77.0 Å². The first-order valence-electron chi connectivity index (χ1n) is 11.8. The number of nitrogens with two attached hydrogens (primary N) is 1. The molecule has 0 aliphatic carbocycles. The molecule has 0 aromatic carbocycles. The smallest absolute Gasteiger partial charge is 0.207 e. The molecule has 166 valence electrons. The van der Waals surface area contributed by atoms with Gasteiger partial charge in [0.15, 0.2) is 0 Å². The molecule has 5 heteroatoms. The van der Waals surface area contributed by atoms with Crippen LogP contribution < -0.4 is 10.8 Å². The number of unbranched alkanes of at least 4 members (excludes halogenated alkanes) is 12. The number of carboxylic acids is 1. The molecule has 1 rings (SSSR count). The highest BCUT2D eigenvalue weighted by Crippen LogP contribution is 2.21. The molecule has 0 aromatic heterocycles. The number of amidine groups is 1. The van der Waals surface area contributed by atoms with Crippen LogP contribution in [0.15, 0.2) is 29.5 Å². The Kier molecular flexibility index (Phi) is 14.4. The first kappa shape index (κ1) is 25.6. The first-order chi connectivity index (χ1) is 14.1. The van der Waals surface area contributed by atoms with Crippen molar-refractivity contribution >= 4 is 11.8 Å². The van der Waals surface area contributed by atoms with Crippen LogP contribution in [-0.4, -0.2) is 35.9 Å². The molecule has 0 saturated carbocycles. The van der Waals surface area contributed by atoms with Gasteiger partial charge in [-0.1, -0.05) is 76.4 Å². The molecule has 1 heterocycles. The molecule has 0 spiro atoms. The van der Waals surface area contributed by atoms with E-state index < -0.39 is 5.97 Å². The standard InChI is InChI=1S/C24H43N3O2/c1-2-3-4-5-6-7-8-9-10-11-12-13-14-15-16-17-23-26-19-21-27(23,20-18-25)22-24(28)29/h2-3,19,21H,4-18,20,22,25H2,1H3/b3-2+. The van der Waals surface area contributed by atoms with Gasteiger partial charge in [0.1, 0.15) is 19.3 Å². The Morgan fingerprint density at radius 3 is 2.07 bits per heavy atom. The number of hydrogen-bond acceptors (Lipinski definition) is 4. The summed E-state index contributed by atoms with van der Waals surface area (Å²) >= 11 is 0. The van der Waals surface area contributed by atoms with Crippen LogP contribution in [0.2, 0.25) is 0 Å². The number of aliphatic imine (C=N–C) groups is 1. The summed E-state index contributed by atoms with van der Waals surface area (Å²) in [6.45, 7) is 3.03. The van der Waals surface area contributed by atoms with Crippen molar-refractivity contribution in [1.29, 1.82) is 0 Å². The molecule has 0 aromatic rings. The third-order valence-corrected chi connectivity index (χ3v) is 5.79. The molecule has 29 heavy (non-hydrogen) atoms. The van der Waals surface area contributed by atoms with Crippen LogP contribution in [0.5, 0.6) is 0 Å². The monoisotopic (exact) mass is 405 g/mol. The number of rotatable bonds is 19. The first-order valence-corrected chi connectivity index (χ1v) is 11.8. The van der Waals surface area contributed by atoms with E-state index in [1.54, 1.807) is 6.20 Å². The number of aliphatic carboxylic acids is 1. The van der Waals surface area contributed by atoms with E-state index in [1.807, 2.05) is 6.20 Å². The second-order valence-electron chi connectivity index (χ2n) is 8.27. The third-order valence-electron chi connectivity index (χ3n) is 5.79. The lowest BCUT2D eigenvalue weighted by molar-refractivity contribution is -0.780. The van der Waals surface area contributed by atoms with E-state index >= 15 is 0 Å². The van der Waals surface area contributed by atoms with Crippen LogP contribution >= 0.6 is 0 Å². The highest BCUT2D eigenvalue weighted by atomic mass is 16.4. The highest BCUT2D eigenvalue weighted by molar-refractivity contribution is 5.80. The number of carbonyl (C=O) groups is 1. The third kappa shape index (κ3) is 11.3. The average molecular weight is 406 g/mol. The average Bonchev–Trinajstić information content (AvgIpc) is 3.06. The zero-order valence-corrected chi connectivity index (χ0v) is 18.6. The highest BCUT2D eigenvalue weighted by Gasteiger charge is 2.34. The molecule has 0 radical (unpaired) electrons. The number of nitrogens with zero attached hydrogens (tertiary/aromatic N) is 2. The van der Waals surface area contributed by atoms with E-state index in [9.17, 15) is 9.90 Å². The van der Waals surface area contributed by atoms with Gasteiger partial charge < -0.3 is 15.6 Å².